The molecule has 3 heterocycles. The van der Waals surface area contributed by atoms with Crippen molar-refractivity contribution in [3.63, 3.8) is 0 Å². The fraction of sp³-hybridized carbons (Fsp3) is 0.111. The molecule has 2 aliphatic rings. The van der Waals surface area contributed by atoms with Gasteiger partial charge in [0.05, 0.1) is 29.2 Å². The topological polar surface area (TPSA) is 134 Å². The van der Waals surface area contributed by atoms with E-state index < -0.39 is 27.9 Å². The molecule has 0 unspecified atom stereocenters. The van der Waals surface area contributed by atoms with Crippen LogP contribution in [0.25, 0.3) is 17.4 Å². The SMILES string of the molecule is COc1ccc(-c2ccc(/C=C3\C(=N)N4N=C(C(F)(F)F)SC4=NC3=O)o2)c([N+](=O)[O-])c1. The number of benzene rings is 1. The minimum Gasteiger partial charge on any atom is -0.497 e. The van der Waals surface area contributed by atoms with Crippen molar-refractivity contribution in [2.75, 3.05) is 7.11 Å². The Morgan fingerprint density at radius 1 is 1.31 bits per heavy atom. The monoisotopic (exact) mass is 465 g/mol. The zero-order valence-electron chi connectivity index (χ0n) is 15.8. The first-order valence-corrected chi connectivity index (χ1v) is 9.40. The van der Waals surface area contributed by atoms with E-state index in [4.69, 9.17) is 14.6 Å². The molecule has 164 valence electrons. The maximum atomic E-state index is 12.9. The van der Waals surface area contributed by atoms with Crippen LogP contribution in [0, 0.1) is 15.5 Å². The first-order chi connectivity index (χ1) is 15.1. The number of nitro groups is 1. The molecule has 14 heteroatoms. The van der Waals surface area contributed by atoms with Gasteiger partial charge in [0.2, 0.25) is 10.2 Å². The van der Waals surface area contributed by atoms with Crippen molar-refractivity contribution in [2.24, 2.45) is 10.1 Å². The Balaban J connectivity index is 1.68. The number of hydrazone groups is 1. The van der Waals surface area contributed by atoms with Crippen LogP contribution in [0.3, 0.4) is 0 Å². The third-order valence-electron chi connectivity index (χ3n) is 4.28. The third kappa shape index (κ3) is 3.75. The average Bonchev–Trinajstić information content (AvgIpc) is 3.37. The summed E-state index contributed by atoms with van der Waals surface area (Å²) >= 11 is 0.141. The van der Waals surface area contributed by atoms with Gasteiger partial charge >= 0.3 is 6.18 Å². The van der Waals surface area contributed by atoms with E-state index in [2.05, 4.69) is 10.1 Å². The van der Waals surface area contributed by atoms with Crippen LogP contribution in [0.1, 0.15) is 5.76 Å². The molecule has 32 heavy (non-hydrogen) atoms. The number of fused-ring (bicyclic) bond motifs is 1. The summed E-state index contributed by atoms with van der Waals surface area (Å²) in [4.78, 5) is 26.6. The largest absolute Gasteiger partial charge is 0.497 e. The standard InChI is InChI=1S/C18H10F3N5O5S/c1-30-8-2-4-10(12(7-8)26(28)29)13-5-3-9(31-13)6-11-14(22)25-17(23-15(11)27)32-16(24-25)18(19,20)21/h2-7,22H,1H3/b11-6+,22-14?. The number of nitro benzene ring substituents is 1. The highest BCUT2D eigenvalue weighted by atomic mass is 32.2. The van der Waals surface area contributed by atoms with Gasteiger partial charge in [-0.2, -0.15) is 28.3 Å². The van der Waals surface area contributed by atoms with Crippen LogP contribution in [0.15, 0.2) is 50.4 Å². The first-order valence-electron chi connectivity index (χ1n) is 8.58. The molecule has 0 bridgehead atoms. The van der Waals surface area contributed by atoms with Crippen LogP contribution in [0.5, 0.6) is 5.75 Å². The van der Waals surface area contributed by atoms with Crippen LogP contribution in [0.4, 0.5) is 18.9 Å². The van der Waals surface area contributed by atoms with Crippen molar-refractivity contribution in [3.8, 4) is 17.1 Å². The molecule has 0 saturated carbocycles. The van der Waals surface area contributed by atoms with E-state index in [0.29, 0.717) is 5.01 Å². The summed E-state index contributed by atoms with van der Waals surface area (Å²) in [5, 5.41) is 21.8. The van der Waals surface area contributed by atoms with Gasteiger partial charge in [0, 0.05) is 0 Å². The predicted molar refractivity (Wildman–Crippen MR) is 108 cm³/mol. The summed E-state index contributed by atoms with van der Waals surface area (Å²) in [7, 11) is 1.36. The van der Waals surface area contributed by atoms with E-state index in [9.17, 15) is 28.1 Å². The number of furan rings is 1. The molecule has 10 nitrogen and oxygen atoms in total. The lowest BCUT2D eigenvalue weighted by Crippen LogP contribution is -2.35. The van der Waals surface area contributed by atoms with Crippen molar-refractivity contribution in [1.82, 2.24) is 5.01 Å². The minimum absolute atomic E-state index is 0.0312. The smallest absolute Gasteiger partial charge is 0.441 e. The highest BCUT2D eigenvalue weighted by Gasteiger charge is 2.46. The van der Waals surface area contributed by atoms with Gasteiger partial charge in [-0.1, -0.05) is 0 Å². The van der Waals surface area contributed by atoms with Crippen LogP contribution in [0.2, 0.25) is 0 Å². The van der Waals surface area contributed by atoms with E-state index in [-0.39, 0.29) is 51.0 Å². The Bertz CT molecular complexity index is 1260. The summed E-state index contributed by atoms with van der Waals surface area (Å²) in [6.07, 6.45) is -3.64. The zero-order chi connectivity index (χ0) is 23.2. The normalized spacial score (nSPS) is 17.4. The van der Waals surface area contributed by atoms with Crippen LogP contribution >= 0.6 is 11.8 Å². The molecular formula is C18H10F3N5O5S. The highest BCUT2D eigenvalue weighted by molar-refractivity contribution is 8.27. The van der Waals surface area contributed by atoms with Gasteiger partial charge in [-0.15, -0.1) is 0 Å². The molecule has 0 aliphatic carbocycles. The third-order valence-corrected chi connectivity index (χ3v) is 5.23. The van der Waals surface area contributed by atoms with Gasteiger partial charge in [-0.3, -0.25) is 20.3 Å². The van der Waals surface area contributed by atoms with Crippen molar-refractivity contribution in [1.29, 1.82) is 5.41 Å². The number of halogens is 3. The maximum absolute atomic E-state index is 12.9. The number of thioether (sulfide) groups is 1. The van der Waals surface area contributed by atoms with E-state index in [0.717, 1.165) is 6.08 Å². The fourth-order valence-corrected chi connectivity index (χ4v) is 3.58. The van der Waals surface area contributed by atoms with Crippen molar-refractivity contribution >= 4 is 45.5 Å². The molecule has 0 radical (unpaired) electrons. The van der Waals surface area contributed by atoms with Crippen LogP contribution in [-0.4, -0.2) is 45.2 Å². The Kier molecular flexibility index (Phi) is 5.08. The number of amides is 1. The Labute approximate surface area is 180 Å². The Hall–Kier alpha value is -3.94. The number of nitrogens with one attached hydrogen (secondary N) is 1. The fourth-order valence-electron chi connectivity index (χ4n) is 2.82. The second-order valence-corrected chi connectivity index (χ2v) is 7.22. The summed E-state index contributed by atoms with van der Waals surface area (Å²) in [6, 6.07) is 6.94. The number of hydrogen-bond donors (Lipinski definition) is 1. The van der Waals surface area contributed by atoms with E-state index in [1.165, 1.54) is 37.4 Å². The number of nitrogens with zero attached hydrogens (tertiary/aromatic N) is 4. The lowest BCUT2D eigenvalue weighted by atomic mass is 10.1. The molecule has 0 spiro atoms. The average molecular weight is 465 g/mol. The van der Waals surface area contributed by atoms with Gasteiger partial charge in [-0.05, 0) is 42.1 Å². The molecule has 2 aromatic rings. The quantitative estimate of drug-likeness (QED) is 0.409. The lowest BCUT2D eigenvalue weighted by Gasteiger charge is -2.19. The molecular weight excluding hydrogens is 455 g/mol. The molecule has 2 aliphatic heterocycles. The second kappa shape index (κ2) is 7.64. The van der Waals surface area contributed by atoms with Crippen molar-refractivity contribution in [3.05, 3.63) is 51.8 Å². The van der Waals surface area contributed by atoms with Gasteiger partial charge in [0.1, 0.15) is 17.3 Å². The number of carbonyl (C=O) groups is 1. The number of amidine groups is 2. The predicted octanol–water partition coefficient (Wildman–Crippen LogP) is 4.04. The van der Waals surface area contributed by atoms with E-state index in [1.807, 2.05) is 0 Å². The van der Waals surface area contributed by atoms with Gasteiger partial charge in [0.15, 0.2) is 5.84 Å². The number of rotatable bonds is 4. The molecule has 4 rings (SSSR count). The van der Waals surface area contributed by atoms with Gasteiger partial charge < -0.3 is 9.15 Å². The second-order valence-electron chi connectivity index (χ2n) is 6.27. The lowest BCUT2D eigenvalue weighted by molar-refractivity contribution is -0.384. The Morgan fingerprint density at radius 2 is 2.06 bits per heavy atom. The number of ether oxygens (including phenoxy) is 1. The Morgan fingerprint density at radius 3 is 2.72 bits per heavy atom. The van der Waals surface area contributed by atoms with E-state index in [1.54, 1.807) is 0 Å². The summed E-state index contributed by atoms with van der Waals surface area (Å²) in [5.74, 6) is -1.16. The first kappa shape index (κ1) is 21.3. The van der Waals surface area contributed by atoms with Crippen molar-refractivity contribution in [2.45, 2.75) is 6.18 Å². The van der Waals surface area contributed by atoms with Gasteiger partial charge in [0.25, 0.3) is 11.6 Å². The summed E-state index contributed by atoms with van der Waals surface area (Å²) < 4.78 is 49.2. The minimum atomic E-state index is -4.75. The molecule has 0 atom stereocenters. The number of aliphatic imine (C=N–C) groups is 1. The zero-order valence-corrected chi connectivity index (χ0v) is 16.7. The molecule has 1 amide bonds. The van der Waals surface area contributed by atoms with E-state index >= 15 is 0 Å². The molecule has 1 N–H and O–H groups in total. The number of alkyl halides is 3. The van der Waals surface area contributed by atoms with Gasteiger partial charge in [-0.25, -0.2) is 0 Å². The molecule has 1 aromatic heterocycles. The highest BCUT2D eigenvalue weighted by Crippen LogP contribution is 2.37. The maximum Gasteiger partial charge on any atom is 0.441 e. The summed E-state index contributed by atoms with van der Waals surface area (Å²) in [6.45, 7) is 0. The van der Waals surface area contributed by atoms with Crippen molar-refractivity contribution < 1.29 is 32.0 Å². The summed E-state index contributed by atoms with van der Waals surface area (Å²) in [5.41, 5.74) is -0.496. The molecule has 0 saturated heterocycles. The number of hydrogen-bond acceptors (Lipinski definition) is 8. The number of methoxy groups -OCH3 is 1. The van der Waals surface area contributed by atoms with Crippen LogP contribution in [-0.2, 0) is 4.79 Å². The number of carbonyl (C=O) groups excluding carboxylic acids is 1. The molecule has 1 aromatic carbocycles. The van der Waals surface area contributed by atoms with Crippen LogP contribution < -0.4 is 4.74 Å². The molecule has 0 fully saturated rings.